The summed E-state index contributed by atoms with van der Waals surface area (Å²) in [5, 5.41) is 7.00. The Morgan fingerprint density at radius 3 is 2.53 bits per heavy atom. The van der Waals surface area contributed by atoms with Crippen molar-refractivity contribution in [2.45, 2.75) is 25.8 Å². The highest BCUT2D eigenvalue weighted by Gasteiger charge is 2.39. The van der Waals surface area contributed by atoms with Crippen LogP contribution in [0.4, 0.5) is 0 Å². The first-order valence-electron chi connectivity index (χ1n) is 5.27. The summed E-state index contributed by atoms with van der Waals surface area (Å²) in [4.78, 5) is 0. The quantitative estimate of drug-likeness (QED) is 0.556. The minimum absolute atomic E-state index is 0. The molecule has 2 heteroatoms. The number of hydrogen-bond acceptors (Lipinski definition) is 2. The molecule has 3 N–H and O–H groups in total. The highest BCUT2D eigenvalue weighted by molar-refractivity contribution is 5.15. The van der Waals surface area contributed by atoms with Gasteiger partial charge in [-0.15, -0.1) is 6.58 Å². The molecule has 88 valence electrons. The van der Waals surface area contributed by atoms with Crippen molar-refractivity contribution in [3.63, 3.8) is 0 Å². The molecule has 0 aromatic heterocycles. The second kappa shape index (κ2) is 6.59. The van der Waals surface area contributed by atoms with Gasteiger partial charge in [0.15, 0.2) is 0 Å². The zero-order valence-electron chi connectivity index (χ0n) is 9.82. The fourth-order valence-corrected chi connectivity index (χ4v) is 2.24. The molecule has 2 unspecified atom stereocenters. The van der Waals surface area contributed by atoms with Crippen LogP contribution in [0.5, 0.6) is 0 Å². The van der Waals surface area contributed by atoms with Crippen LogP contribution < -0.4 is 5.73 Å². The molecule has 0 spiro atoms. The molecular weight excluding hydrogens is 186 g/mol. The van der Waals surface area contributed by atoms with Crippen LogP contribution in [-0.2, 0) is 0 Å². The number of allylic oxidation sites excluding steroid dienone is 3. The van der Waals surface area contributed by atoms with Crippen molar-refractivity contribution in [3.8, 4) is 0 Å². The fourth-order valence-electron chi connectivity index (χ4n) is 2.24. The monoisotopic (exact) mass is 211 g/mol. The Bertz CT molecular complexity index is 240. The average Bonchev–Trinajstić information content (AvgIpc) is 2.55. The normalized spacial score (nSPS) is 34.7. The van der Waals surface area contributed by atoms with Crippen LogP contribution in [0.15, 0.2) is 37.5 Å². The molecule has 0 amide bonds. The van der Waals surface area contributed by atoms with Crippen molar-refractivity contribution >= 4 is 0 Å². The molecule has 0 aromatic rings. The molecule has 0 bridgehead atoms. The SMILES string of the molecule is C=C/C=C/C1(C)CC[C@H](N)C1C=C.CO.[HH]. The van der Waals surface area contributed by atoms with E-state index in [1.807, 2.05) is 18.2 Å². The maximum Gasteiger partial charge on any atom is 0.0319 e. The maximum atomic E-state index is 7.00. The van der Waals surface area contributed by atoms with Gasteiger partial charge in [-0.1, -0.05) is 37.8 Å². The van der Waals surface area contributed by atoms with Gasteiger partial charge in [-0.2, -0.15) is 0 Å². The first-order valence-corrected chi connectivity index (χ1v) is 5.27. The molecule has 3 atom stereocenters. The van der Waals surface area contributed by atoms with E-state index < -0.39 is 0 Å². The third kappa shape index (κ3) is 3.33. The lowest BCUT2D eigenvalue weighted by atomic mass is 9.78. The second-order valence-electron chi connectivity index (χ2n) is 4.06. The summed E-state index contributed by atoms with van der Waals surface area (Å²) in [6.45, 7) is 9.78. The van der Waals surface area contributed by atoms with Gasteiger partial charge in [0.05, 0.1) is 0 Å². The van der Waals surface area contributed by atoms with Crippen LogP contribution in [0, 0.1) is 11.3 Å². The minimum atomic E-state index is 0. The first-order chi connectivity index (χ1) is 7.14. The van der Waals surface area contributed by atoms with Gasteiger partial charge in [-0.05, 0) is 18.3 Å². The zero-order chi connectivity index (χ0) is 11.9. The molecule has 2 nitrogen and oxygen atoms in total. The summed E-state index contributed by atoms with van der Waals surface area (Å²) in [5.74, 6) is 0.406. The van der Waals surface area contributed by atoms with E-state index in [0.29, 0.717) is 5.92 Å². The number of hydrogen-bond donors (Lipinski definition) is 2. The molecule has 0 saturated heterocycles. The van der Waals surface area contributed by atoms with Gasteiger partial charge in [0.1, 0.15) is 0 Å². The van der Waals surface area contributed by atoms with E-state index in [2.05, 4.69) is 26.2 Å². The third-order valence-electron chi connectivity index (χ3n) is 3.11. The van der Waals surface area contributed by atoms with Crippen molar-refractivity contribution in [1.29, 1.82) is 0 Å². The predicted octanol–water partition coefficient (Wildman–Crippen LogP) is 2.51. The Balaban J connectivity index is 0. The zero-order valence-corrected chi connectivity index (χ0v) is 9.82. The lowest BCUT2D eigenvalue weighted by molar-refractivity contribution is 0.349. The van der Waals surface area contributed by atoms with Crippen LogP contribution in [0.1, 0.15) is 21.2 Å². The molecular formula is C13H25NO. The standard InChI is InChI=1S/C12H19N.CH4O.H2/c1-4-6-8-12(3)9-7-11(13)10(12)5-2;1-2;/h4-6,8,10-11H,1-2,7,9,13H2,3H3;2H,1H3;1H/b8-6+;;/t10?,11-,12?;;/m0../s1. The molecule has 1 fully saturated rings. The largest absolute Gasteiger partial charge is 0.400 e. The molecule has 1 aliphatic carbocycles. The third-order valence-corrected chi connectivity index (χ3v) is 3.11. The molecule has 0 radical (unpaired) electrons. The lowest BCUT2D eigenvalue weighted by Gasteiger charge is -2.27. The van der Waals surface area contributed by atoms with Gasteiger partial charge in [0, 0.05) is 20.5 Å². The Hall–Kier alpha value is -0.860. The molecule has 1 aliphatic rings. The maximum absolute atomic E-state index is 7.00. The van der Waals surface area contributed by atoms with Gasteiger partial charge in [-0.25, -0.2) is 0 Å². The molecule has 0 aromatic carbocycles. The number of rotatable bonds is 3. The topological polar surface area (TPSA) is 46.2 Å². The van der Waals surface area contributed by atoms with Crippen molar-refractivity contribution in [3.05, 3.63) is 37.5 Å². The van der Waals surface area contributed by atoms with Crippen molar-refractivity contribution in [2.75, 3.05) is 7.11 Å². The summed E-state index contributed by atoms with van der Waals surface area (Å²) in [7, 11) is 1.00. The first kappa shape index (κ1) is 14.1. The number of nitrogens with two attached hydrogens (primary N) is 1. The van der Waals surface area contributed by atoms with Crippen LogP contribution in [0.2, 0.25) is 0 Å². The smallest absolute Gasteiger partial charge is 0.0319 e. The van der Waals surface area contributed by atoms with Gasteiger partial charge < -0.3 is 10.8 Å². The van der Waals surface area contributed by atoms with Crippen LogP contribution in [0.3, 0.4) is 0 Å². The molecule has 0 aliphatic heterocycles. The van der Waals surface area contributed by atoms with Crippen LogP contribution in [-0.4, -0.2) is 18.3 Å². The second-order valence-corrected chi connectivity index (χ2v) is 4.06. The fraction of sp³-hybridized carbons (Fsp3) is 0.538. The van der Waals surface area contributed by atoms with E-state index in [-0.39, 0.29) is 12.9 Å². The Labute approximate surface area is 94.7 Å². The van der Waals surface area contributed by atoms with Gasteiger partial charge in [0.2, 0.25) is 0 Å². The molecule has 15 heavy (non-hydrogen) atoms. The van der Waals surface area contributed by atoms with E-state index in [0.717, 1.165) is 20.0 Å². The van der Waals surface area contributed by atoms with E-state index in [1.165, 1.54) is 0 Å². The summed E-state index contributed by atoms with van der Waals surface area (Å²) in [6.07, 6.45) is 10.3. The van der Waals surface area contributed by atoms with Gasteiger partial charge >= 0.3 is 0 Å². The predicted molar refractivity (Wildman–Crippen MR) is 68.6 cm³/mol. The molecule has 1 saturated carbocycles. The lowest BCUT2D eigenvalue weighted by Crippen LogP contribution is -2.30. The van der Waals surface area contributed by atoms with Crippen molar-refractivity contribution in [1.82, 2.24) is 0 Å². The Morgan fingerprint density at radius 2 is 2.07 bits per heavy atom. The summed E-state index contributed by atoms with van der Waals surface area (Å²) in [6, 6.07) is 0.275. The Kier molecular flexibility index (Phi) is 6.21. The van der Waals surface area contributed by atoms with Crippen molar-refractivity contribution in [2.24, 2.45) is 17.1 Å². The Morgan fingerprint density at radius 1 is 1.47 bits per heavy atom. The van der Waals surface area contributed by atoms with E-state index >= 15 is 0 Å². The van der Waals surface area contributed by atoms with Gasteiger partial charge in [-0.3, -0.25) is 0 Å². The summed E-state index contributed by atoms with van der Waals surface area (Å²) in [5.41, 5.74) is 6.20. The van der Waals surface area contributed by atoms with Gasteiger partial charge in [0.25, 0.3) is 0 Å². The van der Waals surface area contributed by atoms with Crippen molar-refractivity contribution < 1.29 is 6.53 Å². The average molecular weight is 211 g/mol. The highest BCUT2D eigenvalue weighted by atomic mass is 16.2. The molecule has 0 heterocycles. The minimum Gasteiger partial charge on any atom is -0.400 e. The van der Waals surface area contributed by atoms with E-state index in [4.69, 9.17) is 10.8 Å². The van der Waals surface area contributed by atoms with E-state index in [9.17, 15) is 0 Å². The summed E-state index contributed by atoms with van der Waals surface area (Å²) >= 11 is 0. The van der Waals surface area contributed by atoms with Crippen LogP contribution >= 0.6 is 0 Å². The van der Waals surface area contributed by atoms with Crippen LogP contribution in [0.25, 0.3) is 0 Å². The number of aliphatic hydroxyl groups excluding tert-OH is 1. The summed E-state index contributed by atoms with van der Waals surface area (Å²) < 4.78 is 0. The van der Waals surface area contributed by atoms with E-state index in [1.54, 1.807) is 0 Å². The highest BCUT2D eigenvalue weighted by Crippen LogP contribution is 2.44. The molecule has 1 rings (SSSR count). The number of aliphatic hydroxyl groups is 1.